The standard InChI is InChI=1S/C17H20N4O2S/c1-12-18-19-17(24-12)21-7-5-20(6-8-21)16(22)11-13-2-3-15-14(10-13)4-9-23-15/h2-3,10H,4-9,11H2,1H3. The average molecular weight is 344 g/mol. The molecule has 0 unspecified atom stereocenters. The first-order valence-corrected chi connectivity index (χ1v) is 9.08. The third-order valence-corrected chi connectivity index (χ3v) is 5.43. The van der Waals surface area contributed by atoms with Gasteiger partial charge >= 0.3 is 0 Å². The minimum Gasteiger partial charge on any atom is -0.493 e. The van der Waals surface area contributed by atoms with Crippen LogP contribution >= 0.6 is 11.3 Å². The van der Waals surface area contributed by atoms with Gasteiger partial charge in [-0.3, -0.25) is 4.79 Å². The van der Waals surface area contributed by atoms with Crippen LogP contribution in [-0.4, -0.2) is 53.8 Å². The number of anilines is 1. The van der Waals surface area contributed by atoms with Crippen LogP contribution in [0.2, 0.25) is 0 Å². The van der Waals surface area contributed by atoms with Gasteiger partial charge in [-0.2, -0.15) is 0 Å². The highest BCUT2D eigenvalue weighted by Crippen LogP contribution is 2.26. The van der Waals surface area contributed by atoms with Crippen LogP contribution in [0.5, 0.6) is 5.75 Å². The van der Waals surface area contributed by atoms with E-state index in [0.717, 1.165) is 60.7 Å². The summed E-state index contributed by atoms with van der Waals surface area (Å²) in [4.78, 5) is 16.7. The smallest absolute Gasteiger partial charge is 0.227 e. The summed E-state index contributed by atoms with van der Waals surface area (Å²) in [6.45, 7) is 5.83. The Bertz CT molecular complexity index is 753. The van der Waals surface area contributed by atoms with Crippen molar-refractivity contribution in [3.63, 3.8) is 0 Å². The van der Waals surface area contributed by atoms with Crippen molar-refractivity contribution in [2.75, 3.05) is 37.7 Å². The first kappa shape index (κ1) is 15.4. The maximum atomic E-state index is 12.6. The van der Waals surface area contributed by atoms with E-state index >= 15 is 0 Å². The molecule has 6 nitrogen and oxygen atoms in total. The van der Waals surface area contributed by atoms with E-state index < -0.39 is 0 Å². The number of hydrogen-bond acceptors (Lipinski definition) is 6. The molecule has 1 saturated heterocycles. The van der Waals surface area contributed by atoms with E-state index in [4.69, 9.17) is 4.74 Å². The first-order chi connectivity index (χ1) is 11.7. The highest BCUT2D eigenvalue weighted by atomic mass is 32.1. The van der Waals surface area contributed by atoms with E-state index in [1.54, 1.807) is 11.3 Å². The van der Waals surface area contributed by atoms with Crippen molar-refractivity contribution in [1.82, 2.24) is 15.1 Å². The molecule has 0 N–H and O–H groups in total. The number of aryl methyl sites for hydroxylation is 1. The number of ether oxygens (including phenoxy) is 1. The molecule has 1 aromatic heterocycles. The van der Waals surface area contributed by atoms with Crippen LogP contribution in [0.3, 0.4) is 0 Å². The molecule has 1 amide bonds. The van der Waals surface area contributed by atoms with Crippen molar-refractivity contribution in [2.24, 2.45) is 0 Å². The number of piperazine rings is 1. The average Bonchev–Trinajstić information content (AvgIpc) is 3.23. The van der Waals surface area contributed by atoms with Gasteiger partial charge in [0.25, 0.3) is 0 Å². The van der Waals surface area contributed by atoms with Crippen LogP contribution < -0.4 is 9.64 Å². The largest absolute Gasteiger partial charge is 0.493 e. The molecule has 2 aliphatic heterocycles. The van der Waals surface area contributed by atoms with Gasteiger partial charge in [0.1, 0.15) is 10.8 Å². The van der Waals surface area contributed by atoms with Crippen LogP contribution in [0.4, 0.5) is 5.13 Å². The lowest BCUT2D eigenvalue weighted by molar-refractivity contribution is -0.130. The Morgan fingerprint density at radius 3 is 2.83 bits per heavy atom. The fourth-order valence-corrected chi connectivity index (χ4v) is 3.94. The number of benzene rings is 1. The van der Waals surface area contributed by atoms with Crippen LogP contribution in [0.1, 0.15) is 16.1 Å². The molecule has 0 aliphatic carbocycles. The number of amides is 1. The van der Waals surface area contributed by atoms with Gasteiger partial charge in [-0.15, -0.1) is 10.2 Å². The van der Waals surface area contributed by atoms with Gasteiger partial charge < -0.3 is 14.5 Å². The molecular weight excluding hydrogens is 324 g/mol. The maximum Gasteiger partial charge on any atom is 0.227 e. The Morgan fingerprint density at radius 2 is 2.08 bits per heavy atom. The summed E-state index contributed by atoms with van der Waals surface area (Å²) in [5.74, 6) is 1.16. The molecule has 0 atom stereocenters. The molecule has 0 radical (unpaired) electrons. The Kier molecular flexibility index (Phi) is 4.10. The zero-order valence-corrected chi connectivity index (χ0v) is 14.5. The number of rotatable bonds is 3. The van der Waals surface area contributed by atoms with Gasteiger partial charge in [-0.05, 0) is 24.1 Å². The molecule has 3 heterocycles. The molecule has 0 saturated carbocycles. The lowest BCUT2D eigenvalue weighted by atomic mass is 10.1. The Hall–Kier alpha value is -2.15. The van der Waals surface area contributed by atoms with E-state index in [1.165, 1.54) is 5.56 Å². The quantitative estimate of drug-likeness (QED) is 0.848. The molecule has 24 heavy (non-hydrogen) atoms. The number of nitrogens with zero attached hydrogens (tertiary/aromatic N) is 4. The van der Waals surface area contributed by atoms with Crippen molar-refractivity contribution in [3.8, 4) is 5.75 Å². The number of carbonyl (C=O) groups excluding carboxylic acids is 1. The highest BCUT2D eigenvalue weighted by molar-refractivity contribution is 7.15. The van der Waals surface area contributed by atoms with Gasteiger partial charge in [0.2, 0.25) is 11.0 Å². The summed E-state index contributed by atoms with van der Waals surface area (Å²) in [6.07, 6.45) is 1.41. The van der Waals surface area contributed by atoms with Crippen molar-refractivity contribution >= 4 is 22.4 Å². The van der Waals surface area contributed by atoms with E-state index in [9.17, 15) is 4.79 Å². The Labute approximate surface area is 145 Å². The number of carbonyl (C=O) groups is 1. The molecular formula is C17H20N4O2S. The van der Waals surface area contributed by atoms with Crippen LogP contribution in [0, 0.1) is 6.92 Å². The predicted molar refractivity (Wildman–Crippen MR) is 92.8 cm³/mol. The predicted octanol–water partition coefficient (Wildman–Crippen LogP) is 1.67. The van der Waals surface area contributed by atoms with Gasteiger partial charge in [-0.1, -0.05) is 23.5 Å². The van der Waals surface area contributed by atoms with Gasteiger partial charge in [0.15, 0.2) is 0 Å². The molecule has 126 valence electrons. The normalized spacial score (nSPS) is 16.9. The maximum absolute atomic E-state index is 12.6. The second-order valence-corrected chi connectivity index (χ2v) is 7.35. The Balaban J connectivity index is 1.34. The lowest BCUT2D eigenvalue weighted by Gasteiger charge is -2.34. The minimum atomic E-state index is 0.196. The summed E-state index contributed by atoms with van der Waals surface area (Å²) in [6, 6.07) is 6.10. The molecule has 2 aromatic rings. The molecule has 1 aromatic carbocycles. The molecule has 2 aliphatic rings. The number of aromatic nitrogens is 2. The Morgan fingerprint density at radius 1 is 1.25 bits per heavy atom. The molecule has 4 rings (SSSR count). The number of hydrogen-bond donors (Lipinski definition) is 0. The fourth-order valence-electron chi connectivity index (χ4n) is 3.20. The monoisotopic (exact) mass is 344 g/mol. The van der Waals surface area contributed by atoms with Crippen LogP contribution in [0.15, 0.2) is 18.2 Å². The summed E-state index contributed by atoms with van der Waals surface area (Å²) in [7, 11) is 0. The van der Waals surface area contributed by atoms with Crippen molar-refractivity contribution in [1.29, 1.82) is 0 Å². The summed E-state index contributed by atoms with van der Waals surface area (Å²) in [5, 5.41) is 10.2. The van der Waals surface area contributed by atoms with Crippen LogP contribution in [-0.2, 0) is 17.6 Å². The lowest BCUT2D eigenvalue weighted by Crippen LogP contribution is -2.49. The second kappa shape index (κ2) is 6.39. The van der Waals surface area contributed by atoms with Crippen molar-refractivity contribution in [3.05, 3.63) is 34.3 Å². The molecule has 7 heteroatoms. The third-order valence-electron chi connectivity index (χ3n) is 4.53. The van der Waals surface area contributed by atoms with E-state index in [-0.39, 0.29) is 5.91 Å². The van der Waals surface area contributed by atoms with Gasteiger partial charge in [0.05, 0.1) is 13.0 Å². The zero-order valence-electron chi connectivity index (χ0n) is 13.7. The minimum absolute atomic E-state index is 0.196. The first-order valence-electron chi connectivity index (χ1n) is 8.26. The summed E-state index contributed by atoms with van der Waals surface area (Å²) >= 11 is 1.61. The van der Waals surface area contributed by atoms with Gasteiger partial charge in [0, 0.05) is 32.6 Å². The van der Waals surface area contributed by atoms with Crippen LogP contribution in [0.25, 0.3) is 0 Å². The van der Waals surface area contributed by atoms with E-state index in [1.807, 2.05) is 24.0 Å². The fraction of sp³-hybridized carbons (Fsp3) is 0.471. The van der Waals surface area contributed by atoms with E-state index in [0.29, 0.717) is 6.42 Å². The summed E-state index contributed by atoms with van der Waals surface area (Å²) < 4.78 is 5.52. The topological polar surface area (TPSA) is 58.6 Å². The highest BCUT2D eigenvalue weighted by Gasteiger charge is 2.23. The van der Waals surface area contributed by atoms with Crippen molar-refractivity contribution in [2.45, 2.75) is 19.8 Å². The molecule has 0 bridgehead atoms. The molecule has 1 fully saturated rings. The second-order valence-electron chi connectivity index (χ2n) is 6.19. The number of fused-ring (bicyclic) bond motifs is 1. The van der Waals surface area contributed by atoms with Gasteiger partial charge in [-0.25, -0.2) is 0 Å². The zero-order chi connectivity index (χ0) is 16.5. The molecule has 0 spiro atoms. The van der Waals surface area contributed by atoms with Crippen molar-refractivity contribution < 1.29 is 9.53 Å². The third kappa shape index (κ3) is 3.08. The summed E-state index contributed by atoms with van der Waals surface area (Å²) in [5.41, 5.74) is 2.29. The van der Waals surface area contributed by atoms with E-state index in [2.05, 4.69) is 21.2 Å². The SMILES string of the molecule is Cc1nnc(N2CCN(C(=O)Cc3ccc4c(c3)CCO4)CC2)s1.